The van der Waals surface area contributed by atoms with E-state index < -0.39 is 5.82 Å². The van der Waals surface area contributed by atoms with Gasteiger partial charge in [0.25, 0.3) is 0 Å². The fraction of sp³-hybridized carbons (Fsp3) is 0.400. The number of hydrogen-bond acceptors (Lipinski definition) is 3. The van der Waals surface area contributed by atoms with Crippen molar-refractivity contribution in [2.45, 2.75) is 13.3 Å². The van der Waals surface area contributed by atoms with Crippen LogP contribution < -0.4 is 10.6 Å². The van der Waals surface area contributed by atoms with Crippen molar-refractivity contribution in [1.29, 1.82) is 0 Å². The van der Waals surface area contributed by atoms with Gasteiger partial charge in [-0.25, -0.2) is 9.37 Å². The van der Waals surface area contributed by atoms with Gasteiger partial charge in [0.1, 0.15) is 11.6 Å². The lowest BCUT2D eigenvalue weighted by molar-refractivity contribution is -0.119. The molecule has 2 N–H and O–H groups in total. The highest BCUT2D eigenvalue weighted by molar-refractivity contribution is 5.80. The number of pyridine rings is 1. The van der Waals surface area contributed by atoms with Gasteiger partial charge < -0.3 is 10.6 Å². The Kier molecular flexibility index (Phi) is 4.53. The summed E-state index contributed by atoms with van der Waals surface area (Å²) in [7, 11) is 0. The Balaban J connectivity index is 2.30. The van der Waals surface area contributed by atoms with Gasteiger partial charge in [-0.3, -0.25) is 4.79 Å². The van der Waals surface area contributed by atoms with Crippen molar-refractivity contribution < 1.29 is 9.18 Å². The molecule has 0 spiro atoms. The lowest BCUT2D eigenvalue weighted by atomic mass is 10.4. The van der Waals surface area contributed by atoms with Gasteiger partial charge >= 0.3 is 0 Å². The van der Waals surface area contributed by atoms with Crippen LogP contribution in [0.4, 0.5) is 10.2 Å². The molecule has 1 rings (SSSR count). The summed E-state index contributed by atoms with van der Waals surface area (Å²) in [5.74, 6) is 0.00186. The molecule has 0 saturated heterocycles. The number of nitrogens with one attached hydrogen (secondary N) is 2. The predicted molar refractivity (Wildman–Crippen MR) is 56.0 cm³/mol. The molecular weight excluding hydrogens is 197 g/mol. The van der Waals surface area contributed by atoms with Crippen molar-refractivity contribution >= 4 is 11.7 Å². The van der Waals surface area contributed by atoms with Crippen molar-refractivity contribution in [3.8, 4) is 0 Å². The molecule has 0 aliphatic rings. The Morgan fingerprint density at radius 2 is 2.33 bits per heavy atom. The van der Waals surface area contributed by atoms with Gasteiger partial charge in [-0.2, -0.15) is 0 Å². The topological polar surface area (TPSA) is 54.0 Å². The first-order valence-electron chi connectivity index (χ1n) is 4.84. The summed E-state index contributed by atoms with van der Waals surface area (Å²) in [6, 6.07) is 2.78. The molecule has 5 heteroatoms. The standard InChI is InChI=1S/C10H14FN3O/c1-2-5-12-10(15)7-14-9-4-3-8(11)6-13-9/h3-4,6H,2,5,7H2,1H3,(H,12,15)(H,13,14). The highest BCUT2D eigenvalue weighted by Crippen LogP contribution is 2.02. The van der Waals surface area contributed by atoms with E-state index >= 15 is 0 Å². The molecule has 0 saturated carbocycles. The molecule has 1 aromatic rings. The lowest BCUT2D eigenvalue weighted by Crippen LogP contribution is -2.30. The second kappa shape index (κ2) is 5.95. The van der Waals surface area contributed by atoms with Gasteiger partial charge in [-0.15, -0.1) is 0 Å². The van der Waals surface area contributed by atoms with E-state index in [-0.39, 0.29) is 12.5 Å². The minimum atomic E-state index is -0.393. The molecule has 0 radical (unpaired) electrons. The maximum Gasteiger partial charge on any atom is 0.239 e. The number of halogens is 1. The summed E-state index contributed by atoms with van der Waals surface area (Å²) in [5, 5.41) is 5.50. The van der Waals surface area contributed by atoms with Gasteiger partial charge in [0.2, 0.25) is 5.91 Å². The molecule has 0 aliphatic carbocycles. The minimum Gasteiger partial charge on any atom is -0.361 e. The van der Waals surface area contributed by atoms with Gasteiger partial charge in [0.15, 0.2) is 0 Å². The van der Waals surface area contributed by atoms with E-state index in [1.807, 2.05) is 6.92 Å². The van der Waals surface area contributed by atoms with E-state index in [9.17, 15) is 9.18 Å². The Hall–Kier alpha value is -1.65. The van der Waals surface area contributed by atoms with Crippen LogP contribution in [0.2, 0.25) is 0 Å². The number of nitrogens with zero attached hydrogens (tertiary/aromatic N) is 1. The van der Waals surface area contributed by atoms with Crippen LogP contribution in [0.1, 0.15) is 13.3 Å². The average molecular weight is 211 g/mol. The van der Waals surface area contributed by atoms with Crippen molar-refractivity contribution in [2.24, 2.45) is 0 Å². The number of carbonyl (C=O) groups excluding carboxylic acids is 1. The zero-order chi connectivity index (χ0) is 11.1. The molecule has 1 heterocycles. The van der Waals surface area contributed by atoms with E-state index in [0.717, 1.165) is 12.6 Å². The van der Waals surface area contributed by atoms with Crippen LogP contribution in [0.5, 0.6) is 0 Å². The summed E-state index contributed by atoms with van der Waals surface area (Å²) in [6.07, 6.45) is 2.01. The number of carbonyl (C=O) groups is 1. The van der Waals surface area contributed by atoms with E-state index in [4.69, 9.17) is 0 Å². The number of amides is 1. The van der Waals surface area contributed by atoms with Gasteiger partial charge in [-0.05, 0) is 18.6 Å². The van der Waals surface area contributed by atoms with Gasteiger partial charge in [-0.1, -0.05) is 6.92 Å². The maximum absolute atomic E-state index is 12.5. The first-order chi connectivity index (χ1) is 7.22. The summed E-state index contributed by atoms with van der Waals surface area (Å²) in [4.78, 5) is 14.9. The molecule has 0 atom stereocenters. The second-order valence-corrected chi connectivity index (χ2v) is 3.07. The molecular formula is C10H14FN3O. The Morgan fingerprint density at radius 3 is 2.93 bits per heavy atom. The van der Waals surface area contributed by atoms with Crippen LogP contribution in [0, 0.1) is 5.82 Å². The molecule has 0 unspecified atom stereocenters. The maximum atomic E-state index is 12.5. The van der Waals surface area contributed by atoms with Crippen LogP contribution >= 0.6 is 0 Å². The minimum absolute atomic E-state index is 0.0945. The predicted octanol–water partition coefficient (Wildman–Crippen LogP) is 1.16. The largest absolute Gasteiger partial charge is 0.361 e. The van der Waals surface area contributed by atoms with E-state index in [1.165, 1.54) is 12.1 Å². The third kappa shape index (κ3) is 4.39. The first kappa shape index (κ1) is 11.4. The first-order valence-corrected chi connectivity index (χ1v) is 4.84. The fourth-order valence-corrected chi connectivity index (χ4v) is 0.978. The van der Waals surface area contributed by atoms with Gasteiger partial charge in [0.05, 0.1) is 12.7 Å². The van der Waals surface area contributed by atoms with Gasteiger partial charge in [0, 0.05) is 6.54 Å². The monoisotopic (exact) mass is 211 g/mol. The highest BCUT2D eigenvalue weighted by Gasteiger charge is 2.00. The third-order valence-electron chi connectivity index (χ3n) is 1.73. The van der Waals surface area contributed by atoms with Crippen LogP contribution in [0.3, 0.4) is 0 Å². The molecule has 0 bridgehead atoms. The van der Waals surface area contributed by atoms with Crippen LogP contribution in [-0.2, 0) is 4.79 Å². The second-order valence-electron chi connectivity index (χ2n) is 3.07. The Morgan fingerprint density at radius 1 is 1.53 bits per heavy atom. The molecule has 82 valence electrons. The normalized spacial score (nSPS) is 9.73. The smallest absolute Gasteiger partial charge is 0.239 e. The van der Waals surface area contributed by atoms with E-state index in [1.54, 1.807) is 0 Å². The van der Waals surface area contributed by atoms with E-state index in [0.29, 0.717) is 12.4 Å². The Labute approximate surface area is 87.9 Å². The summed E-state index contributed by atoms with van der Waals surface area (Å²) in [6.45, 7) is 2.80. The lowest BCUT2D eigenvalue weighted by Gasteiger charge is -2.05. The number of anilines is 1. The molecule has 1 amide bonds. The van der Waals surface area contributed by atoms with Crippen molar-refractivity contribution in [2.75, 3.05) is 18.4 Å². The van der Waals surface area contributed by atoms with Crippen LogP contribution in [0.15, 0.2) is 18.3 Å². The molecule has 4 nitrogen and oxygen atoms in total. The zero-order valence-electron chi connectivity index (χ0n) is 8.59. The van der Waals surface area contributed by atoms with Crippen LogP contribution in [-0.4, -0.2) is 24.0 Å². The summed E-state index contributed by atoms with van der Waals surface area (Å²) in [5.41, 5.74) is 0. The molecule has 0 aromatic carbocycles. The molecule has 1 aromatic heterocycles. The average Bonchev–Trinajstić information content (AvgIpc) is 2.25. The summed E-state index contributed by atoms with van der Waals surface area (Å²) >= 11 is 0. The number of aromatic nitrogens is 1. The molecule has 15 heavy (non-hydrogen) atoms. The molecule has 0 fully saturated rings. The van der Waals surface area contributed by atoms with Crippen molar-refractivity contribution in [3.63, 3.8) is 0 Å². The SMILES string of the molecule is CCCNC(=O)CNc1ccc(F)cn1. The zero-order valence-corrected chi connectivity index (χ0v) is 8.59. The quantitative estimate of drug-likeness (QED) is 0.768. The fourth-order valence-electron chi connectivity index (χ4n) is 0.978. The van der Waals surface area contributed by atoms with E-state index in [2.05, 4.69) is 15.6 Å². The highest BCUT2D eigenvalue weighted by atomic mass is 19.1. The van der Waals surface area contributed by atoms with Crippen LogP contribution in [0.25, 0.3) is 0 Å². The Bertz CT molecular complexity index is 313. The third-order valence-corrected chi connectivity index (χ3v) is 1.73. The summed E-state index contributed by atoms with van der Waals surface area (Å²) < 4.78 is 12.5. The van der Waals surface area contributed by atoms with Crippen molar-refractivity contribution in [1.82, 2.24) is 10.3 Å². The molecule has 0 aliphatic heterocycles. The van der Waals surface area contributed by atoms with Crippen molar-refractivity contribution in [3.05, 3.63) is 24.1 Å². The number of hydrogen-bond donors (Lipinski definition) is 2. The number of rotatable bonds is 5.